The molecule has 0 atom stereocenters. The number of carboxylic acid groups (broad SMARTS) is 1. The van der Waals surface area contributed by atoms with Crippen LogP contribution in [0.25, 0.3) is 0 Å². The number of hydrogen-bond acceptors (Lipinski definition) is 2. The molecule has 1 aromatic rings. The molecule has 78 valence electrons. The molecule has 3 nitrogen and oxygen atoms in total. The van der Waals surface area contributed by atoms with Gasteiger partial charge in [0.15, 0.2) is 0 Å². The number of carboxylic acids is 1. The van der Waals surface area contributed by atoms with E-state index in [1.54, 1.807) is 0 Å². The summed E-state index contributed by atoms with van der Waals surface area (Å²) in [5.74, 6) is -0.738. The zero-order valence-electron chi connectivity index (χ0n) is 8.23. The van der Waals surface area contributed by atoms with Crippen molar-refractivity contribution in [2.24, 2.45) is 5.73 Å². The average molecular weight is 195 g/mol. The minimum atomic E-state index is -0.738. The molecule has 0 spiro atoms. The second kappa shape index (κ2) is 9.74. The van der Waals surface area contributed by atoms with Crippen molar-refractivity contribution in [2.45, 2.75) is 19.3 Å². The van der Waals surface area contributed by atoms with E-state index in [1.165, 1.54) is 0 Å². The number of rotatable bonds is 4. The van der Waals surface area contributed by atoms with E-state index in [9.17, 15) is 4.79 Å². The van der Waals surface area contributed by atoms with Crippen LogP contribution in [-0.2, 0) is 4.79 Å². The highest BCUT2D eigenvalue weighted by molar-refractivity contribution is 5.66. The summed E-state index contributed by atoms with van der Waals surface area (Å²) in [5.41, 5.74) is 5.12. The Hall–Kier alpha value is -1.35. The summed E-state index contributed by atoms with van der Waals surface area (Å²) in [5, 5.41) is 8.10. The number of unbranched alkanes of at least 4 members (excludes halogenated alkanes) is 1. The summed E-state index contributed by atoms with van der Waals surface area (Å²) >= 11 is 0. The van der Waals surface area contributed by atoms with Crippen LogP contribution in [0.5, 0.6) is 0 Å². The molecule has 0 aromatic heterocycles. The summed E-state index contributed by atoms with van der Waals surface area (Å²) in [6.07, 6.45) is 1.76. The zero-order chi connectivity index (χ0) is 10.6. The third-order valence-corrected chi connectivity index (χ3v) is 1.51. The van der Waals surface area contributed by atoms with Crippen LogP contribution in [0.4, 0.5) is 0 Å². The van der Waals surface area contributed by atoms with Gasteiger partial charge in [-0.15, -0.1) is 0 Å². The molecule has 0 radical (unpaired) electrons. The Morgan fingerprint density at radius 3 is 1.71 bits per heavy atom. The Labute approximate surface area is 84.6 Å². The SMILES string of the molecule is NCCCCC(=O)O.c1ccccc1. The first-order valence-electron chi connectivity index (χ1n) is 4.69. The third-order valence-electron chi connectivity index (χ3n) is 1.51. The lowest BCUT2D eigenvalue weighted by atomic mass is 10.2. The van der Waals surface area contributed by atoms with E-state index in [0.29, 0.717) is 13.0 Å². The first-order valence-corrected chi connectivity index (χ1v) is 4.69. The van der Waals surface area contributed by atoms with Crippen LogP contribution in [0, 0.1) is 0 Å². The molecule has 0 aliphatic heterocycles. The van der Waals surface area contributed by atoms with E-state index in [2.05, 4.69) is 0 Å². The smallest absolute Gasteiger partial charge is 0.303 e. The summed E-state index contributed by atoms with van der Waals surface area (Å²) < 4.78 is 0. The molecular formula is C11H17NO2. The fraction of sp³-hybridized carbons (Fsp3) is 0.364. The molecule has 0 saturated carbocycles. The highest BCUT2D eigenvalue weighted by Crippen LogP contribution is 1.91. The van der Waals surface area contributed by atoms with Crippen LogP contribution in [0.3, 0.4) is 0 Å². The van der Waals surface area contributed by atoms with Gasteiger partial charge in [0.25, 0.3) is 0 Å². The Morgan fingerprint density at radius 2 is 1.43 bits per heavy atom. The van der Waals surface area contributed by atoms with Crippen molar-refractivity contribution in [2.75, 3.05) is 6.54 Å². The Morgan fingerprint density at radius 1 is 1.00 bits per heavy atom. The average Bonchev–Trinajstić information content (AvgIpc) is 2.21. The Bertz CT molecular complexity index is 197. The van der Waals surface area contributed by atoms with Crippen LogP contribution >= 0.6 is 0 Å². The predicted molar refractivity (Wildman–Crippen MR) is 57.0 cm³/mol. The van der Waals surface area contributed by atoms with E-state index >= 15 is 0 Å². The summed E-state index contributed by atoms with van der Waals surface area (Å²) in [4.78, 5) is 9.83. The highest BCUT2D eigenvalue weighted by Gasteiger charge is 1.92. The molecule has 3 N–H and O–H groups in total. The topological polar surface area (TPSA) is 63.3 Å². The second-order valence-electron chi connectivity index (χ2n) is 2.79. The first kappa shape index (κ1) is 12.7. The van der Waals surface area contributed by atoms with Crippen molar-refractivity contribution in [3.63, 3.8) is 0 Å². The van der Waals surface area contributed by atoms with Crippen LogP contribution < -0.4 is 5.73 Å². The maximum absolute atomic E-state index is 9.83. The van der Waals surface area contributed by atoms with Gasteiger partial charge >= 0.3 is 5.97 Å². The van der Waals surface area contributed by atoms with Gasteiger partial charge in [-0.2, -0.15) is 0 Å². The molecule has 0 fully saturated rings. The maximum Gasteiger partial charge on any atom is 0.303 e. The van der Waals surface area contributed by atoms with E-state index < -0.39 is 5.97 Å². The Kier molecular flexibility index (Phi) is 8.80. The molecule has 0 amide bonds. The summed E-state index contributed by atoms with van der Waals surface area (Å²) in [6.45, 7) is 0.591. The minimum absolute atomic E-state index is 0.247. The van der Waals surface area contributed by atoms with Crippen molar-refractivity contribution in [3.8, 4) is 0 Å². The van der Waals surface area contributed by atoms with E-state index in [-0.39, 0.29) is 6.42 Å². The first-order chi connectivity index (χ1) is 6.77. The zero-order valence-corrected chi connectivity index (χ0v) is 8.23. The van der Waals surface area contributed by atoms with E-state index in [4.69, 9.17) is 10.8 Å². The maximum atomic E-state index is 9.83. The fourth-order valence-corrected chi connectivity index (χ4v) is 0.805. The van der Waals surface area contributed by atoms with Gasteiger partial charge in [-0.1, -0.05) is 36.4 Å². The highest BCUT2D eigenvalue weighted by atomic mass is 16.4. The molecular weight excluding hydrogens is 178 g/mol. The molecule has 0 aliphatic rings. The molecule has 1 rings (SSSR count). The van der Waals surface area contributed by atoms with Crippen LogP contribution in [0.15, 0.2) is 36.4 Å². The van der Waals surface area contributed by atoms with Gasteiger partial charge < -0.3 is 10.8 Å². The van der Waals surface area contributed by atoms with Crippen molar-refractivity contribution >= 4 is 5.97 Å². The normalized spacial score (nSPS) is 8.64. The number of aliphatic carboxylic acids is 1. The van der Waals surface area contributed by atoms with Gasteiger partial charge in [0.2, 0.25) is 0 Å². The second-order valence-corrected chi connectivity index (χ2v) is 2.79. The molecule has 0 unspecified atom stereocenters. The molecule has 0 aliphatic carbocycles. The van der Waals surface area contributed by atoms with Crippen LogP contribution in [0.1, 0.15) is 19.3 Å². The third kappa shape index (κ3) is 10.7. The van der Waals surface area contributed by atoms with Gasteiger partial charge in [0, 0.05) is 6.42 Å². The number of carbonyl (C=O) groups is 1. The monoisotopic (exact) mass is 195 g/mol. The largest absolute Gasteiger partial charge is 0.481 e. The fourth-order valence-electron chi connectivity index (χ4n) is 0.805. The standard InChI is InChI=1S/C6H6.C5H11NO2/c1-2-4-6-5-3-1;6-4-2-1-3-5(7)8/h1-6H;1-4,6H2,(H,7,8). The Balaban J connectivity index is 0.000000249. The molecule has 1 aromatic carbocycles. The number of nitrogens with two attached hydrogens (primary N) is 1. The summed E-state index contributed by atoms with van der Waals surface area (Å²) in [7, 11) is 0. The molecule has 3 heteroatoms. The van der Waals surface area contributed by atoms with Crippen molar-refractivity contribution < 1.29 is 9.90 Å². The number of hydrogen-bond donors (Lipinski definition) is 2. The van der Waals surface area contributed by atoms with Gasteiger partial charge in [0.1, 0.15) is 0 Å². The molecule has 0 heterocycles. The van der Waals surface area contributed by atoms with Crippen molar-refractivity contribution in [1.29, 1.82) is 0 Å². The van der Waals surface area contributed by atoms with Gasteiger partial charge in [-0.05, 0) is 19.4 Å². The summed E-state index contributed by atoms with van der Waals surface area (Å²) in [6, 6.07) is 12.0. The minimum Gasteiger partial charge on any atom is -0.481 e. The van der Waals surface area contributed by atoms with Crippen LogP contribution in [-0.4, -0.2) is 17.6 Å². The van der Waals surface area contributed by atoms with Gasteiger partial charge in [-0.3, -0.25) is 4.79 Å². The van der Waals surface area contributed by atoms with Gasteiger partial charge in [0.05, 0.1) is 0 Å². The predicted octanol–water partition coefficient (Wildman–Crippen LogP) is 1.89. The van der Waals surface area contributed by atoms with Gasteiger partial charge in [-0.25, -0.2) is 0 Å². The van der Waals surface area contributed by atoms with Crippen LogP contribution in [0.2, 0.25) is 0 Å². The lowest BCUT2D eigenvalue weighted by Gasteiger charge is -1.90. The molecule has 0 saturated heterocycles. The van der Waals surface area contributed by atoms with Crippen molar-refractivity contribution in [3.05, 3.63) is 36.4 Å². The molecule has 0 bridgehead atoms. The van der Waals surface area contributed by atoms with E-state index in [0.717, 1.165) is 6.42 Å². The quantitative estimate of drug-likeness (QED) is 0.721. The van der Waals surface area contributed by atoms with Crippen molar-refractivity contribution in [1.82, 2.24) is 0 Å². The van der Waals surface area contributed by atoms with E-state index in [1.807, 2.05) is 36.4 Å². The number of benzene rings is 1. The lowest BCUT2D eigenvalue weighted by molar-refractivity contribution is -0.137. The lowest BCUT2D eigenvalue weighted by Crippen LogP contribution is -2.00. The molecule has 14 heavy (non-hydrogen) atoms.